The normalized spacial score (nSPS) is 14.9. The molecule has 0 aliphatic carbocycles. The molecule has 2 aromatic rings. The molecule has 0 fully saturated rings. The molecular formula is C17H19NO5S. The van der Waals surface area contributed by atoms with E-state index in [1.807, 2.05) is 18.2 Å². The number of nitrogens with one attached hydrogen (secondary N) is 1. The highest BCUT2D eigenvalue weighted by Gasteiger charge is 2.23. The van der Waals surface area contributed by atoms with Crippen molar-refractivity contribution < 1.29 is 22.6 Å². The van der Waals surface area contributed by atoms with E-state index in [1.54, 1.807) is 26.2 Å². The van der Waals surface area contributed by atoms with Crippen molar-refractivity contribution in [2.24, 2.45) is 0 Å². The van der Waals surface area contributed by atoms with Crippen LogP contribution >= 0.6 is 0 Å². The lowest BCUT2D eigenvalue weighted by Gasteiger charge is -2.20. The van der Waals surface area contributed by atoms with Crippen LogP contribution in [-0.2, 0) is 10.0 Å². The highest BCUT2D eigenvalue weighted by atomic mass is 32.2. The van der Waals surface area contributed by atoms with Gasteiger partial charge in [0.1, 0.15) is 19.0 Å². The van der Waals surface area contributed by atoms with Crippen molar-refractivity contribution in [1.29, 1.82) is 0 Å². The first-order chi connectivity index (χ1) is 11.5. The van der Waals surface area contributed by atoms with Crippen LogP contribution in [0.2, 0.25) is 0 Å². The molecule has 1 aliphatic rings. The number of methoxy groups -OCH3 is 1. The van der Waals surface area contributed by atoms with E-state index in [1.165, 1.54) is 12.1 Å². The molecular weight excluding hydrogens is 330 g/mol. The minimum absolute atomic E-state index is 0.133. The summed E-state index contributed by atoms with van der Waals surface area (Å²) < 4.78 is 44.1. The van der Waals surface area contributed by atoms with E-state index < -0.39 is 16.1 Å². The molecule has 6 nitrogen and oxygen atoms in total. The SMILES string of the molecule is COc1ccccc1[C@@H](C)NS(=O)(=O)c1ccc2c(c1)OCCO2. The fraction of sp³-hybridized carbons (Fsp3) is 0.294. The van der Waals surface area contributed by atoms with Crippen molar-refractivity contribution in [2.45, 2.75) is 17.9 Å². The van der Waals surface area contributed by atoms with Gasteiger partial charge in [-0.3, -0.25) is 0 Å². The summed E-state index contributed by atoms with van der Waals surface area (Å²) in [6.07, 6.45) is 0. The zero-order valence-electron chi connectivity index (χ0n) is 13.5. The molecule has 1 heterocycles. The number of ether oxygens (including phenoxy) is 3. The van der Waals surface area contributed by atoms with Gasteiger partial charge in [0.25, 0.3) is 0 Å². The van der Waals surface area contributed by atoms with Crippen LogP contribution in [0.5, 0.6) is 17.2 Å². The third kappa shape index (κ3) is 3.32. The Morgan fingerprint density at radius 1 is 1.08 bits per heavy atom. The average molecular weight is 349 g/mol. The Morgan fingerprint density at radius 2 is 1.79 bits per heavy atom. The molecule has 0 saturated carbocycles. The Bertz CT molecular complexity index is 835. The third-order valence-electron chi connectivity index (χ3n) is 3.76. The monoisotopic (exact) mass is 349 g/mol. The van der Waals surface area contributed by atoms with Crippen molar-refractivity contribution in [3.63, 3.8) is 0 Å². The second-order valence-corrected chi connectivity index (χ2v) is 7.10. The lowest BCUT2D eigenvalue weighted by molar-refractivity contribution is 0.171. The Hall–Kier alpha value is -2.25. The van der Waals surface area contributed by atoms with Gasteiger partial charge in [-0.15, -0.1) is 0 Å². The fourth-order valence-electron chi connectivity index (χ4n) is 2.58. The highest BCUT2D eigenvalue weighted by Crippen LogP contribution is 2.33. The topological polar surface area (TPSA) is 73.9 Å². The van der Waals surface area contributed by atoms with Gasteiger partial charge in [0.2, 0.25) is 10.0 Å². The van der Waals surface area contributed by atoms with Crippen molar-refractivity contribution in [1.82, 2.24) is 4.72 Å². The lowest BCUT2D eigenvalue weighted by atomic mass is 10.1. The molecule has 0 bridgehead atoms. The van der Waals surface area contributed by atoms with E-state index in [0.29, 0.717) is 30.5 Å². The molecule has 24 heavy (non-hydrogen) atoms. The molecule has 0 aromatic heterocycles. The van der Waals surface area contributed by atoms with Gasteiger partial charge in [0.05, 0.1) is 12.0 Å². The van der Waals surface area contributed by atoms with Crippen molar-refractivity contribution >= 4 is 10.0 Å². The molecule has 3 rings (SSSR count). The summed E-state index contributed by atoms with van der Waals surface area (Å²) in [5.74, 6) is 1.63. The van der Waals surface area contributed by atoms with E-state index in [9.17, 15) is 8.42 Å². The van der Waals surface area contributed by atoms with Crippen LogP contribution in [0.4, 0.5) is 0 Å². The first-order valence-electron chi connectivity index (χ1n) is 7.56. The number of hydrogen-bond acceptors (Lipinski definition) is 5. The second-order valence-electron chi connectivity index (χ2n) is 5.39. The zero-order valence-corrected chi connectivity index (χ0v) is 14.3. The summed E-state index contributed by atoms with van der Waals surface area (Å²) in [4.78, 5) is 0.133. The molecule has 7 heteroatoms. The van der Waals surface area contributed by atoms with Gasteiger partial charge in [-0.2, -0.15) is 0 Å². The molecule has 0 spiro atoms. The number of rotatable bonds is 5. The Morgan fingerprint density at radius 3 is 2.54 bits per heavy atom. The largest absolute Gasteiger partial charge is 0.496 e. The van der Waals surface area contributed by atoms with Crippen LogP contribution in [0.1, 0.15) is 18.5 Å². The zero-order chi connectivity index (χ0) is 17.2. The Labute approximate surface area is 141 Å². The van der Waals surface area contributed by atoms with Gasteiger partial charge in [-0.1, -0.05) is 18.2 Å². The first kappa shape index (κ1) is 16.6. The number of sulfonamides is 1. The minimum atomic E-state index is -3.71. The van der Waals surface area contributed by atoms with Gasteiger partial charge in [0, 0.05) is 17.7 Å². The van der Waals surface area contributed by atoms with Crippen LogP contribution in [0.15, 0.2) is 47.4 Å². The Kier molecular flexibility index (Phi) is 4.64. The molecule has 0 radical (unpaired) electrons. The van der Waals surface area contributed by atoms with Crippen LogP contribution in [0.25, 0.3) is 0 Å². The van der Waals surface area contributed by atoms with E-state index in [-0.39, 0.29) is 4.90 Å². The summed E-state index contributed by atoms with van der Waals surface area (Å²) in [7, 11) is -2.15. The van der Waals surface area contributed by atoms with Crippen molar-refractivity contribution in [3.8, 4) is 17.2 Å². The first-order valence-corrected chi connectivity index (χ1v) is 9.04. The summed E-state index contributed by atoms with van der Waals surface area (Å²) in [6.45, 7) is 2.64. The van der Waals surface area contributed by atoms with Gasteiger partial charge < -0.3 is 14.2 Å². The van der Waals surface area contributed by atoms with Crippen LogP contribution < -0.4 is 18.9 Å². The summed E-state index contributed by atoms with van der Waals surface area (Å²) >= 11 is 0. The smallest absolute Gasteiger partial charge is 0.241 e. The van der Waals surface area contributed by atoms with E-state index in [4.69, 9.17) is 14.2 Å². The van der Waals surface area contributed by atoms with Crippen LogP contribution in [0.3, 0.4) is 0 Å². The quantitative estimate of drug-likeness (QED) is 0.898. The maximum atomic E-state index is 12.7. The number of benzene rings is 2. The number of hydrogen-bond donors (Lipinski definition) is 1. The van der Waals surface area contributed by atoms with Gasteiger partial charge in [-0.05, 0) is 25.1 Å². The molecule has 1 N–H and O–H groups in total. The summed E-state index contributed by atoms with van der Waals surface area (Å²) in [5, 5.41) is 0. The van der Waals surface area contributed by atoms with Crippen LogP contribution in [-0.4, -0.2) is 28.7 Å². The van der Waals surface area contributed by atoms with Gasteiger partial charge in [-0.25, -0.2) is 13.1 Å². The molecule has 128 valence electrons. The second kappa shape index (κ2) is 6.70. The average Bonchev–Trinajstić information content (AvgIpc) is 2.60. The Balaban J connectivity index is 1.86. The minimum Gasteiger partial charge on any atom is -0.496 e. The molecule has 0 saturated heterocycles. The van der Waals surface area contributed by atoms with Crippen molar-refractivity contribution in [2.75, 3.05) is 20.3 Å². The van der Waals surface area contributed by atoms with Crippen LogP contribution in [0, 0.1) is 0 Å². The predicted octanol–water partition coefficient (Wildman–Crippen LogP) is 2.51. The van der Waals surface area contributed by atoms with E-state index in [0.717, 1.165) is 5.56 Å². The fourth-order valence-corrected chi connectivity index (χ4v) is 3.82. The molecule has 0 amide bonds. The maximum absolute atomic E-state index is 12.7. The molecule has 1 aliphatic heterocycles. The molecule has 1 atom stereocenters. The summed E-state index contributed by atoms with van der Waals surface area (Å²) in [5.41, 5.74) is 0.765. The number of para-hydroxylation sites is 1. The molecule has 0 unspecified atom stereocenters. The highest BCUT2D eigenvalue weighted by molar-refractivity contribution is 7.89. The lowest BCUT2D eigenvalue weighted by Crippen LogP contribution is -2.27. The third-order valence-corrected chi connectivity index (χ3v) is 5.30. The van der Waals surface area contributed by atoms with Gasteiger partial charge >= 0.3 is 0 Å². The summed E-state index contributed by atoms with van der Waals surface area (Å²) in [6, 6.07) is 11.4. The van der Waals surface area contributed by atoms with Gasteiger partial charge in [0.15, 0.2) is 11.5 Å². The van der Waals surface area contributed by atoms with Crippen molar-refractivity contribution in [3.05, 3.63) is 48.0 Å². The molecule has 2 aromatic carbocycles. The number of fused-ring (bicyclic) bond motifs is 1. The van der Waals surface area contributed by atoms with E-state index in [2.05, 4.69) is 4.72 Å². The predicted molar refractivity (Wildman–Crippen MR) is 89.2 cm³/mol. The maximum Gasteiger partial charge on any atom is 0.241 e. The van der Waals surface area contributed by atoms with E-state index >= 15 is 0 Å². The standard InChI is InChI=1S/C17H19NO5S/c1-12(14-5-3-4-6-15(14)21-2)18-24(19,20)13-7-8-16-17(11-13)23-10-9-22-16/h3-8,11-12,18H,9-10H2,1-2H3/t12-/m1/s1.